The van der Waals surface area contributed by atoms with Gasteiger partial charge in [0.15, 0.2) is 3.79 Å². The topological polar surface area (TPSA) is 0 Å². The van der Waals surface area contributed by atoms with Crippen molar-refractivity contribution in [2.24, 2.45) is 5.92 Å². The van der Waals surface area contributed by atoms with Crippen molar-refractivity contribution >= 4 is 34.8 Å². The van der Waals surface area contributed by atoms with Gasteiger partial charge < -0.3 is 0 Å². The highest BCUT2D eigenvalue weighted by Gasteiger charge is 2.31. The molecule has 0 aromatic carbocycles. The maximum absolute atomic E-state index is 6.13. The molecule has 0 fully saturated rings. The molecule has 122 valence electrons. The molecule has 0 saturated carbocycles. The normalized spacial score (nSPS) is 13.7. The molecule has 3 heteroatoms. The standard InChI is InChI=1S/C17H33Cl3/c1-3-5-7-9-11-13-15-16(17(18,19)20)14-12-10-8-6-4-2/h16H,3-15H2,1-2H3. The quantitative estimate of drug-likeness (QED) is 0.234. The van der Waals surface area contributed by atoms with E-state index in [1.54, 1.807) is 0 Å². The molecule has 0 radical (unpaired) electrons. The molecule has 0 aliphatic rings. The third-order valence-corrected chi connectivity index (χ3v) is 4.95. The van der Waals surface area contributed by atoms with E-state index >= 15 is 0 Å². The average Bonchev–Trinajstić information content (AvgIpc) is 2.38. The van der Waals surface area contributed by atoms with Crippen molar-refractivity contribution in [1.29, 1.82) is 0 Å². The van der Waals surface area contributed by atoms with Crippen molar-refractivity contribution in [3.05, 3.63) is 0 Å². The molecule has 20 heavy (non-hydrogen) atoms. The van der Waals surface area contributed by atoms with Gasteiger partial charge in [0.25, 0.3) is 0 Å². The summed E-state index contributed by atoms with van der Waals surface area (Å²) in [7, 11) is 0. The van der Waals surface area contributed by atoms with E-state index in [9.17, 15) is 0 Å². The number of rotatable bonds is 13. The summed E-state index contributed by atoms with van der Waals surface area (Å²) in [6.45, 7) is 4.49. The lowest BCUT2D eigenvalue weighted by Gasteiger charge is -2.24. The van der Waals surface area contributed by atoms with Gasteiger partial charge >= 0.3 is 0 Å². The summed E-state index contributed by atoms with van der Waals surface area (Å²) in [5.74, 6) is 0.236. The Morgan fingerprint density at radius 3 is 1.30 bits per heavy atom. The molecule has 0 aliphatic heterocycles. The molecule has 0 heterocycles. The van der Waals surface area contributed by atoms with Crippen LogP contribution in [0.25, 0.3) is 0 Å². The molecule has 0 aliphatic carbocycles. The molecule has 0 spiro atoms. The van der Waals surface area contributed by atoms with Crippen molar-refractivity contribution in [3.8, 4) is 0 Å². The van der Waals surface area contributed by atoms with E-state index in [4.69, 9.17) is 34.8 Å². The van der Waals surface area contributed by atoms with Crippen LogP contribution in [0.1, 0.15) is 97.3 Å². The summed E-state index contributed by atoms with van der Waals surface area (Å²) in [5.41, 5.74) is 0. The van der Waals surface area contributed by atoms with Gasteiger partial charge in [0.2, 0.25) is 0 Å². The van der Waals surface area contributed by atoms with Crippen molar-refractivity contribution < 1.29 is 0 Å². The van der Waals surface area contributed by atoms with Crippen LogP contribution in [-0.2, 0) is 0 Å². The molecule has 0 N–H and O–H groups in total. The van der Waals surface area contributed by atoms with Crippen LogP contribution in [0.15, 0.2) is 0 Å². The molecular formula is C17H33Cl3. The monoisotopic (exact) mass is 342 g/mol. The third-order valence-electron chi connectivity index (χ3n) is 4.03. The SMILES string of the molecule is CCCCCCCCC(CCCCCCC)C(Cl)(Cl)Cl. The Morgan fingerprint density at radius 1 is 0.600 bits per heavy atom. The highest BCUT2D eigenvalue weighted by molar-refractivity contribution is 6.67. The molecule has 0 amide bonds. The van der Waals surface area contributed by atoms with Gasteiger partial charge in [-0.15, -0.1) is 0 Å². The number of halogens is 3. The van der Waals surface area contributed by atoms with Crippen LogP contribution in [0.3, 0.4) is 0 Å². The van der Waals surface area contributed by atoms with Gasteiger partial charge in [-0.3, -0.25) is 0 Å². The number of hydrogen-bond donors (Lipinski definition) is 0. The molecule has 0 nitrogen and oxygen atoms in total. The van der Waals surface area contributed by atoms with Crippen molar-refractivity contribution in [2.45, 2.75) is 101 Å². The molecular weight excluding hydrogens is 311 g/mol. The zero-order chi connectivity index (χ0) is 15.3. The first-order valence-electron chi connectivity index (χ1n) is 8.59. The van der Waals surface area contributed by atoms with E-state index in [2.05, 4.69) is 13.8 Å². The fourth-order valence-corrected chi connectivity index (χ4v) is 3.29. The molecule has 0 bridgehead atoms. The van der Waals surface area contributed by atoms with Gasteiger partial charge in [0.1, 0.15) is 0 Å². The Labute approximate surface area is 141 Å². The largest absolute Gasteiger partial charge is 0.193 e. The Bertz CT molecular complexity index is 199. The summed E-state index contributed by atoms with van der Waals surface area (Å²) < 4.78 is -1.08. The first-order valence-corrected chi connectivity index (χ1v) is 9.72. The van der Waals surface area contributed by atoms with Gasteiger partial charge in [0.05, 0.1) is 0 Å². The minimum Gasteiger partial charge on any atom is -0.0834 e. The van der Waals surface area contributed by atoms with Crippen LogP contribution in [-0.4, -0.2) is 3.79 Å². The smallest absolute Gasteiger partial charge is 0.0834 e. The maximum atomic E-state index is 6.13. The summed E-state index contributed by atoms with van der Waals surface area (Å²) in [6, 6.07) is 0. The highest BCUT2D eigenvalue weighted by atomic mass is 35.6. The van der Waals surface area contributed by atoms with Gasteiger partial charge in [-0.25, -0.2) is 0 Å². The molecule has 0 aromatic rings. The van der Waals surface area contributed by atoms with Crippen LogP contribution in [0.5, 0.6) is 0 Å². The lowest BCUT2D eigenvalue weighted by Crippen LogP contribution is -2.19. The Morgan fingerprint density at radius 2 is 0.950 bits per heavy atom. The van der Waals surface area contributed by atoms with E-state index in [0.717, 1.165) is 12.8 Å². The summed E-state index contributed by atoms with van der Waals surface area (Å²) in [5, 5.41) is 0. The fourth-order valence-electron chi connectivity index (χ4n) is 2.64. The van der Waals surface area contributed by atoms with E-state index in [1.165, 1.54) is 70.6 Å². The predicted octanol–water partition coefficient (Wildman–Crippen LogP) is 8.08. The summed E-state index contributed by atoms with van der Waals surface area (Å²) in [6.07, 6.45) is 16.4. The zero-order valence-electron chi connectivity index (χ0n) is 13.4. The van der Waals surface area contributed by atoms with Gasteiger partial charge in [-0.2, -0.15) is 0 Å². The second-order valence-corrected chi connectivity index (χ2v) is 8.37. The van der Waals surface area contributed by atoms with Crippen LogP contribution in [0.2, 0.25) is 0 Å². The van der Waals surface area contributed by atoms with E-state index in [-0.39, 0.29) is 5.92 Å². The van der Waals surface area contributed by atoms with Crippen molar-refractivity contribution in [1.82, 2.24) is 0 Å². The molecule has 0 rings (SSSR count). The maximum Gasteiger partial charge on any atom is 0.193 e. The number of unbranched alkanes of at least 4 members (excludes halogenated alkanes) is 9. The minimum absolute atomic E-state index is 0.236. The molecule has 0 aromatic heterocycles. The fraction of sp³-hybridized carbons (Fsp3) is 1.00. The van der Waals surface area contributed by atoms with E-state index in [1.807, 2.05) is 0 Å². The molecule has 1 unspecified atom stereocenters. The zero-order valence-corrected chi connectivity index (χ0v) is 15.7. The van der Waals surface area contributed by atoms with Crippen LogP contribution in [0.4, 0.5) is 0 Å². The van der Waals surface area contributed by atoms with Crippen LogP contribution >= 0.6 is 34.8 Å². The minimum atomic E-state index is -1.08. The Hall–Kier alpha value is 0.870. The van der Waals surface area contributed by atoms with Crippen molar-refractivity contribution in [3.63, 3.8) is 0 Å². The first-order chi connectivity index (χ1) is 9.52. The summed E-state index contributed by atoms with van der Waals surface area (Å²) in [4.78, 5) is 0. The Kier molecular flexibility index (Phi) is 14.1. The van der Waals surface area contributed by atoms with Crippen LogP contribution in [0, 0.1) is 5.92 Å². The van der Waals surface area contributed by atoms with Gasteiger partial charge in [-0.1, -0.05) is 119 Å². The second kappa shape index (κ2) is 13.5. The third kappa shape index (κ3) is 12.6. The molecule has 0 saturated heterocycles. The highest BCUT2D eigenvalue weighted by Crippen LogP contribution is 2.40. The lowest BCUT2D eigenvalue weighted by molar-refractivity contribution is 0.408. The molecule has 1 atom stereocenters. The average molecular weight is 344 g/mol. The number of hydrogen-bond acceptors (Lipinski definition) is 0. The Balaban J connectivity index is 3.75. The predicted molar refractivity (Wildman–Crippen MR) is 95.1 cm³/mol. The van der Waals surface area contributed by atoms with Crippen molar-refractivity contribution in [2.75, 3.05) is 0 Å². The second-order valence-electron chi connectivity index (χ2n) is 6.00. The van der Waals surface area contributed by atoms with Crippen LogP contribution < -0.4 is 0 Å². The summed E-state index contributed by atoms with van der Waals surface area (Å²) >= 11 is 18.4. The van der Waals surface area contributed by atoms with Gasteiger partial charge in [-0.05, 0) is 12.8 Å². The van der Waals surface area contributed by atoms with E-state index in [0.29, 0.717) is 0 Å². The number of alkyl halides is 3. The van der Waals surface area contributed by atoms with Gasteiger partial charge in [0, 0.05) is 5.92 Å². The first kappa shape index (κ1) is 20.9. The lowest BCUT2D eigenvalue weighted by atomic mass is 9.95. The van der Waals surface area contributed by atoms with E-state index < -0.39 is 3.79 Å².